The highest BCUT2D eigenvalue weighted by Gasteiger charge is 2.36. The first-order valence-corrected chi connectivity index (χ1v) is 4.57. The third-order valence-electron chi connectivity index (χ3n) is 2.57. The average molecular weight is 219 g/mol. The number of hydrogen-bond donors (Lipinski definition) is 2. The number of nitrogens with zero attached hydrogens (tertiary/aromatic N) is 2. The molecule has 2 rings (SSSR count). The summed E-state index contributed by atoms with van der Waals surface area (Å²) in [6.45, 7) is 0.305. The van der Waals surface area contributed by atoms with E-state index in [1.165, 1.54) is 0 Å². The Morgan fingerprint density at radius 3 is 2.50 bits per heavy atom. The third-order valence-corrected chi connectivity index (χ3v) is 2.57. The van der Waals surface area contributed by atoms with Crippen LogP contribution in [0.15, 0.2) is 4.52 Å². The first-order valence-electron chi connectivity index (χ1n) is 4.57. The second-order valence-corrected chi connectivity index (χ2v) is 3.58. The van der Waals surface area contributed by atoms with Crippen LogP contribution in [0.5, 0.6) is 0 Å². The summed E-state index contributed by atoms with van der Waals surface area (Å²) in [4.78, 5) is 4.15. The molecule has 0 spiro atoms. The van der Waals surface area contributed by atoms with Gasteiger partial charge in [-0.2, -0.15) is 4.98 Å². The van der Waals surface area contributed by atoms with Gasteiger partial charge in [0.1, 0.15) is 0 Å². The van der Waals surface area contributed by atoms with E-state index >= 15 is 0 Å². The summed E-state index contributed by atoms with van der Waals surface area (Å²) < 4.78 is 5.08. The summed E-state index contributed by atoms with van der Waals surface area (Å²) >= 11 is 0. The van der Waals surface area contributed by atoms with Crippen LogP contribution < -0.4 is 11.5 Å². The molecule has 0 radical (unpaired) electrons. The Labute approximate surface area is 88.6 Å². The van der Waals surface area contributed by atoms with E-state index in [4.69, 9.17) is 16.0 Å². The quantitative estimate of drug-likeness (QED) is 0.762. The number of rotatable bonds is 2. The maximum absolute atomic E-state index is 6.11. The molecule has 1 aromatic heterocycles. The van der Waals surface area contributed by atoms with Gasteiger partial charge in [-0.25, -0.2) is 0 Å². The second-order valence-electron chi connectivity index (χ2n) is 3.58. The predicted octanol–water partition coefficient (Wildman–Crippen LogP) is 0.678. The zero-order chi connectivity index (χ0) is 9.31. The van der Waals surface area contributed by atoms with Gasteiger partial charge in [-0.05, 0) is 12.8 Å². The van der Waals surface area contributed by atoms with E-state index < -0.39 is 0 Å². The normalized spacial score (nSPS) is 19.3. The SMILES string of the molecule is Cl.NCc1noc(C2(N)CCCC2)n1. The van der Waals surface area contributed by atoms with Crippen molar-refractivity contribution in [3.8, 4) is 0 Å². The van der Waals surface area contributed by atoms with Crippen LogP contribution in [-0.2, 0) is 12.1 Å². The minimum Gasteiger partial charge on any atom is -0.337 e. The van der Waals surface area contributed by atoms with Gasteiger partial charge >= 0.3 is 0 Å². The summed E-state index contributed by atoms with van der Waals surface area (Å²) in [6.07, 6.45) is 4.13. The molecule has 14 heavy (non-hydrogen) atoms. The van der Waals surface area contributed by atoms with Crippen molar-refractivity contribution in [3.63, 3.8) is 0 Å². The highest BCUT2D eigenvalue weighted by Crippen LogP contribution is 2.34. The molecule has 1 heterocycles. The fourth-order valence-corrected chi connectivity index (χ4v) is 1.76. The van der Waals surface area contributed by atoms with E-state index in [9.17, 15) is 0 Å². The average Bonchev–Trinajstić information content (AvgIpc) is 2.72. The third kappa shape index (κ3) is 1.89. The summed E-state index contributed by atoms with van der Waals surface area (Å²) in [7, 11) is 0. The van der Waals surface area contributed by atoms with E-state index in [1.807, 2.05) is 0 Å². The Morgan fingerprint density at radius 2 is 2.00 bits per heavy atom. The molecule has 0 bridgehead atoms. The van der Waals surface area contributed by atoms with Crippen LogP contribution in [0.2, 0.25) is 0 Å². The Morgan fingerprint density at radius 1 is 1.36 bits per heavy atom. The van der Waals surface area contributed by atoms with Crippen LogP contribution in [-0.4, -0.2) is 10.1 Å². The lowest BCUT2D eigenvalue weighted by Gasteiger charge is -2.17. The van der Waals surface area contributed by atoms with Gasteiger partial charge in [0.15, 0.2) is 5.82 Å². The first-order chi connectivity index (χ1) is 6.24. The fraction of sp³-hybridized carbons (Fsp3) is 0.750. The van der Waals surface area contributed by atoms with Crippen LogP contribution >= 0.6 is 12.4 Å². The van der Waals surface area contributed by atoms with Gasteiger partial charge in [0.05, 0.1) is 12.1 Å². The fourth-order valence-electron chi connectivity index (χ4n) is 1.76. The molecular formula is C8H15ClN4O. The van der Waals surface area contributed by atoms with Gasteiger partial charge in [-0.3, -0.25) is 0 Å². The zero-order valence-electron chi connectivity index (χ0n) is 7.90. The molecule has 0 saturated heterocycles. The monoisotopic (exact) mass is 218 g/mol. The van der Waals surface area contributed by atoms with Crippen LogP contribution in [0.4, 0.5) is 0 Å². The minimum absolute atomic E-state index is 0. The molecule has 0 unspecified atom stereocenters. The highest BCUT2D eigenvalue weighted by molar-refractivity contribution is 5.85. The molecule has 6 heteroatoms. The maximum Gasteiger partial charge on any atom is 0.246 e. The topological polar surface area (TPSA) is 91.0 Å². The lowest BCUT2D eigenvalue weighted by atomic mass is 9.99. The molecule has 0 aliphatic heterocycles. The van der Waals surface area contributed by atoms with Crippen LogP contribution in [0, 0.1) is 0 Å². The second kappa shape index (κ2) is 4.25. The predicted molar refractivity (Wildman–Crippen MR) is 53.8 cm³/mol. The first kappa shape index (κ1) is 11.4. The molecule has 1 fully saturated rings. The van der Waals surface area contributed by atoms with Crippen molar-refractivity contribution >= 4 is 12.4 Å². The van der Waals surface area contributed by atoms with Gasteiger partial charge in [0.25, 0.3) is 0 Å². The molecular weight excluding hydrogens is 204 g/mol. The molecule has 4 N–H and O–H groups in total. The smallest absolute Gasteiger partial charge is 0.246 e. The molecule has 0 amide bonds. The Hall–Kier alpha value is -0.650. The van der Waals surface area contributed by atoms with E-state index in [-0.39, 0.29) is 17.9 Å². The molecule has 0 aromatic carbocycles. The summed E-state index contributed by atoms with van der Waals surface area (Å²) in [5.74, 6) is 1.08. The van der Waals surface area contributed by atoms with Crippen molar-refractivity contribution in [2.24, 2.45) is 11.5 Å². The molecule has 1 aliphatic carbocycles. The Balaban J connectivity index is 0.000000980. The lowest BCUT2D eigenvalue weighted by Crippen LogP contribution is -2.33. The summed E-state index contributed by atoms with van der Waals surface area (Å²) in [6, 6.07) is 0. The summed E-state index contributed by atoms with van der Waals surface area (Å²) in [5, 5.41) is 3.73. The van der Waals surface area contributed by atoms with Crippen LogP contribution in [0.25, 0.3) is 0 Å². The van der Waals surface area contributed by atoms with E-state index in [0.29, 0.717) is 18.3 Å². The molecule has 1 saturated carbocycles. The Kier molecular flexibility index (Phi) is 3.47. The van der Waals surface area contributed by atoms with E-state index in [1.54, 1.807) is 0 Å². The molecule has 5 nitrogen and oxygen atoms in total. The molecule has 1 aromatic rings. The van der Waals surface area contributed by atoms with Crippen molar-refractivity contribution in [3.05, 3.63) is 11.7 Å². The number of aromatic nitrogens is 2. The van der Waals surface area contributed by atoms with Crippen LogP contribution in [0.1, 0.15) is 37.4 Å². The molecule has 0 atom stereocenters. The number of nitrogens with two attached hydrogens (primary N) is 2. The van der Waals surface area contributed by atoms with Gasteiger partial charge < -0.3 is 16.0 Å². The summed E-state index contributed by atoms with van der Waals surface area (Å²) in [5.41, 5.74) is 11.1. The number of halogens is 1. The van der Waals surface area contributed by atoms with Crippen molar-refractivity contribution in [1.29, 1.82) is 0 Å². The molecule has 80 valence electrons. The zero-order valence-corrected chi connectivity index (χ0v) is 8.72. The maximum atomic E-state index is 6.11. The van der Waals surface area contributed by atoms with Crippen molar-refractivity contribution in [1.82, 2.24) is 10.1 Å². The number of hydrogen-bond acceptors (Lipinski definition) is 5. The lowest BCUT2D eigenvalue weighted by molar-refractivity contribution is 0.284. The van der Waals surface area contributed by atoms with E-state index in [0.717, 1.165) is 25.7 Å². The standard InChI is InChI=1S/C8H14N4O.ClH/c9-5-6-11-7(13-12-6)8(10)3-1-2-4-8;/h1-5,9-10H2;1H. The van der Waals surface area contributed by atoms with Gasteiger partial charge in [0, 0.05) is 0 Å². The van der Waals surface area contributed by atoms with E-state index in [2.05, 4.69) is 10.1 Å². The van der Waals surface area contributed by atoms with Crippen molar-refractivity contribution < 1.29 is 4.52 Å². The van der Waals surface area contributed by atoms with Crippen LogP contribution in [0.3, 0.4) is 0 Å². The van der Waals surface area contributed by atoms with Crippen molar-refractivity contribution in [2.75, 3.05) is 0 Å². The molecule has 1 aliphatic rings. The van der Waals surface area contributed by atoms with Crippen molar-refractivity contribution in [2.45, 2.75) is 37.8 Å². The van der Waals surface area contributed by atoms with Gasteiger partial charge in [0.2, 0.25) is 5.89 Å². The largest absolute Gasteiger partial charge is 0.337 e. The van der Waals surface area contributed by atoms with Gasteiger partial charge in [-0.1, -0.05) is 18.0 Å². The minimum atomic E-state index is -0.388. The Bertz CT molecular complexity index is 295. The van der Waals surface area contributed by atoms with Gasteiger partial charge in [-0.15, -0.1) is 12.4 Å². The highest BCUT2D eigenvalue weighted by atomic mass is 35.5.